The zero-order chi connectivity index (χ0) is 22.9. The summed E-state index contributed by atoms with van der Waals surface area (Å²) in [5, 5.41) is 30.9. The fourth-order valence-electron chi connectivity index (χ4n) is 3.23. The highest BCUT2D eigenvalue weighted by Crippen LogP contribution is 2.35. The Hall–Kier alpha value is -3.83. The molecule has 0 saturated heterocycles. The number of aliphatic hydroxyl groups is 2. The molecule has 0 saturated carbocycles. The number of ether oxygens (including phenoxy) is 1. The van der Waals surface area contributed by atoms with Crippen molar-refractivity contribution in [2.24, 2.45) is 0 Å². The monoisotopic (exact) mass is 440 g/mol. The van der Waals surface area contributed by atoms with E-state index in [0.29, 0.717) is 17.0 Å². The number of carbonyl (C=O) groups excluding carboxylic acids is 1. The van der Waals surface area contributed by atoms with Gasteiger partial charge in [0, 0.05) is 24.2 Å². The largest absolute Gasteiger partial charge is 0.496 e. The number of fused-ring (bicyclic) bond motifs is 1. The molecule has 0 aliphatic rings. The highest BCUT2D eigenvalue weighted by molar-refractivity contribution is 6.09. The molecule has 32 heavy (non-hydrogen) atoms. The van der Waals surface area contributed by atoms with Crippen molar-refractivity contribution in [1.82, 2.24) is 24.4 Å². The van der Waals surface area contributed by atoms with Crippen molar-refractivity contribution < 1.29 is 24.1 Å². The van der Waals surface area contributed by atoms with Crippen molar-refractivity contribution in [1.29, 1.82) is 0 Å². The quantitative estimate of drug-likeness (QED) is 0.399. The summed E-state index contributed by atoms with van der Waals surface area (Å²) in [5.41, 5.74) is -0.0644. The minimum Gasteiger partial charge on any atom is -0.496 e. The molecule has 4 rings (SSSR count). The Morgan fingerprint density at radius 2 is 2.19 bits per heavy atom. The first-order valence-electron chi connectivity index (χ1n) is 9.65. The van der Waals surface area contributed by atoms with E-state index in [1.165, 1.54) is 53.8 Å². The van der Waals surface area contributed by atoms with Gasteiger partial charge in [0.1, 0.15) is 28.4 Å². The van der Waals surface area contributed by atoms with E-state index in [2.05, 4.69) is 20.5 Å². The van der Waals surface area contributed by atoms with Crippen LogP contribution in [0.3, 0.4) is 0 Å². The lowest BCUT2D eigenvalue weighted by Gasteiger charge is -2.19. The summed E-state index contributed by atoms with van der Waals surface area (Å²) < 4.78 is 22.2. The van der Waals surface area contributed by atoms with Crippen LogP contribution in [0.2, 0.25) is 0 Å². The number of aliphatic hydroxyl groups excluding tert-OH is 1. The lowest BCUT2D eigenvalue weighted by Crippen LogP contribution is -2.34. The lowest BCUT2D eigenvalue weighted by atomic mass is 10.1. The predicted octanol–water partition coefficient (Wildman–Crippen LogP) is 1.74. The van der Waals surface area contributed by atoms with Crippen LogP contribution >= 0.6 is 0 Å². The average molecular weight is 440 g/mol. The van der Waals surface area contributed by atoms with Crippen LogP contribution in [0, 0.1) is 5.82 Å². The van der Waals surface area contributed by atoms with E-state index in [4.69, 9.17) is 4.74 Å². The molecule has 10 nitrogen and oxygen atoms in total. The maximum absolute atomic E-state index is 14.0. The van der Waals surface area contributed by atoms with Crippen LogP contribution in [0.1, 0.15) is 17.3 Å². The Morgan fingerprint density at radius 3 is 2.94 bits per heavy atom. The first kappa shape index (κ1) is 21.4. The maximum Gasteiger partial charge on any atom is 0.261 e. The Morgan fingerprint density at radius 1 is 1.38 bits per heavy atom. The smallest absolute Gasteiger partial charge is 0.261 e. The third-order valence-corrected chi connectivity index (χ3v) is 4.79. The van der Waals surface area contributed by atoms with Crippen LogP contribution in [0.4, 0.5) is 10.1 Å². The van der Waals surface area contributed by atoms with E-state index in [1.54, 1.807) is 18.5 Å². The van der Waals surface area contributed by atoms with Crippen LogP contribution in [0.5, 0.6) is 5.75 Å². The van der Waals surface area contributed by atoms with Gasteiger partial charge in [-0.15, -0.1) is 0 Å². The summed E-state index contributed by atoms with van der Waals surface area (Å²) in [5.74, 6) is -0.663. The number of carbonyl (C=O) groups is 1. The van der Waals surface area contributed by atoms with E-state index >= 15 is 0 Å². The van der Waals surface area contributed by atoms with Crippen LogP contribution < -0.4 is 10.1 Å². The van der Waals surface area contributed by atoms with Gasteiger partial charge in [-0.3, -0.25) is 9.48 Å². The molecule has 166 valence electrons. The molecule has 0 bridgehead atoms. The molecular weight excluding hydrogens is 419 g/mol. The fourth-order valence-corrected chi connectivity index (χ4v) is 3.23. The van der Waals surface area contributed by atoms with Crippen LogP contribution in [-0.2, 0) is 6.54 Å². The predicted molar refractivity (Wildman–Crippen MR) is 113 cm³/mol. The minimum atomic E-state index is -1.46. The van der Waals surface area contributed by atoms with Crippen LogP contribution in [0.15, 0.2) is 49.1 Å². The number of hydrogen-bond donors (Lipinski definition) is 3. The van der Waals surface area contributed by atoms with Gasteiger partial charge in [0.05, 0.1) is 32.1 Å². The van der Waals surface area contributed by atoms with Crippen molar-refractivity contribution >= 4 is 17.2 Å². The molecular formula is C21H21FN6O4. The van der Waals surface area contributed by atoms with Crippen molar-refractivity contribution in [2.45, 2.75) is 19.1 Å². The molecule has 3 heterocycles. The zero-order valence-corrected chi connectivity index (χ0v) is 17.4. The molecule has 11 heteroatoms. The number of rotatable bonds is 7. The van der Waals surface area contributed by atoms with Gasteiger partial charge in [-0.2, -0.15) is 10.2 Å². The second kappa shape index (κ2) is 8.36. The third-order valence-electron chi connectivity index (χ3n) is 4.79. The van der Waals surface area contributed by atoms with E-state index in [-0.39, 0.29) is 23.5 Å². The van der Waals surface area contributed by atoms with E-state index in [9.17, 15) is 19.4 Å². The molecule has 1 aromatic carbocycles. The highest BCUT2D eigenvalue weighted by atomic mass is 19.1. The van der Waals surface area contributed by atoms with Gasteiger partial charge in [-0.25, -0.2) is 13.9 Å². The number of aromatic nitrogens is 5. The second-order valence-corrected chi connectivity index (χ2v) is 7.49. The average Bonchev–Trinajstić information content (AvgIpc) is 3.37. The summed E-state index contributed by atoms with van der Waals surface area (Å²) in [6, 6.07) is 5.63. The topological polar surface area (TPSA) is 127 Å². The normalized spacial score (nSPS) is 13.2. The molecule has 0 unspecified atom stereocenters. The van der Waals surface area contributed by atoms with Gasteiger partial charge in [0.2, 0.25) is 0 Å². The molecule has 1 atom stereocenters. The van der Waals surface area contributed by atoms with E-state index in [0.717, 1.165) is 0 Å². The van der Waals surface area contributed by atoms with Crippen molar-refractivity contribution in [3.8, 4) is 17.0 Å². The Balaban J connectivity index is 1.77. The zero-order valence-electron chi connectivity index (χ0n) is 17.4. The fraction of sp³-hybridized carbons (Fsp3) is 0.238. The standard InChI is InChI=1S/C21H21FN6O4/c1-21(31,12-29)11-27-10-16(18(26-27)14-8-13(22)4-5-17(14)32-2)25-20(30)15-9-24-28-7-3-6-23-19(15)28/h3-10,29,31H,11-12H2,1-2H3,(H,25,30)/t21-/m0/s1. The first-order valence-corrected chi connectivity index (χ1v) is 9.65. The molecule has 0 spiro atoms. The van der Waals surface area contributed by atoms with Gasteiger partial charge in [0.25, 0.3) is 5.91 Å². The summed E-state index contributed by atoms with van der Waals surface area (Å²) in [6.45, 7) is 0.879. The van der Waals surface area contributed by atoms with E-state index < -0.39 is 23.9 Å². The van der Waals surface area contributed by atoms with Gasteiger partial charge in [0.15, 0.2) is 5.65 Å². The summed E-state index contributed by atoms with van der Waals surface area (Å²) in [7, 11) is 1.44. The molecule has 0 fully saturated rings. The van der Waals surface area contributed by atoms with Crippen molar-refractivity contribution in [3.05, 3.63) is 60.4 Å². The highest BCUT2D eigenvalue weighted by Gasteiger charge is 2.24. The van der Waals surface area contributed by atoms with Crippen molar-refractivity contribution in [3.63, 3.8) is 0 Å². The number of methoxy groups -OCH3 is 1. The summed E-state index contributed by atoms with van der Waals surface area (Å²) >= 11 is 0. The van der Waals surface area contributed by atoms with Gasteiger partial charge in [-0.1, -0.05) is 0 Å². The van der Waals surface area contributed by atoms with Crippen LogP contribution in [0.25, 0.3) is 16.9 Å². The van der Waals surface area contributed by atoms with Gasteiger partial charge >= 0.3 is 0 Å². The summed E-state index contributed by atoms with van der Waals surface area (Å²) in [6.07, 6.45) is 6.09. The Bertz CT molecular complexity index is 1280. The number of amides is 1. The molecule has 4 aromatic rings. The maximum atomic E-state index is 14.0. The number of anilines is 1. The number of nitrogens with one attached hydrogen (secondary N) is 1. The second-order valence-electron chi connectivity index (χ2n) is 7.49. The lowest BCUT2D eigenvalue weighted by molar-refractivity contribution is -0.0144. The SMILES string of the molecule is COc1ccc(F)cc1-c1nn(C[C@](C)(O)CO)cc1NC(=O)c1cnn2cccnc12. The molecule has 0 aliphatic carbocycles. The molecule has 0 radical (unpaired) electrons. The molecule has 1 amide bonds. The summed E-state index contributed by atoms with van der Waals surface area (Å²) in [4.78, 5) is 17.2. The minimum absolute atomic E-state index is 0.0672. The van der Waals surface area contributed by atoms with E-state index in [1.807, 2.05) is 0 Å². The number of benzene rings is 1. The molecule has 3 aromatic heterocycles. The molecule has 0 aliphatic heterocycles. The van der Waals surface area contributed by atoms with Crippen molar-refractivity contribution in [2.75, 3.05) is 19.0 Å². The number of hydrogen-bond acceptors (Lipinski definition) is 7. The van der Waals surface area contributed by atoms with Crippen LogP contribution in [-0.4, -0.2) is 59.8 Å². The first-order chi connectivity index (χ1) is 15.3. The number of nitrogens with zero attached hydrogens (tertiary/aromatic N) is 5. The Kier molecular flexibility index (Phi) is 5.59. The third kappa shape index (κ3) is 4.15. The van der Waals surface area contributed by atoms with Gasteiger partial charge in [-0.05, 0) is 31.2 Å². The molecule has 3 N–H and O–H groups in total. The van der Waals surface area contributed by atoms with Gasteiger partial charge < -0.3 is 20.3 Å². The Labute approximate surface area is 181 Å². The number of halogens is 1.